The van der Waals surface area contributed by atoms with Crippen molar-refractivity contribution in [2.45, 2.75) is 32.0 Å². The maximum absolute atomic E-state index is 12.4. The number of amides is 1. The van der Waals surface area contributed by atoms with Crippen LogP contribution in [-0.2, 0) is 22.6 Å². The second-order valence-electron chi connectivity index (χ2n) is 7.55. The molecule has 0 bridgehead atoms. The van der Waals surface area contributed by atoms with E-state index in [1.54, 1.807) is 6.33 Å². The van der Waals surface area contributed by atoms with Gasteiger partial charge in [0.25, 0.3) is 0 Å². The molecule has 29 heavy (non-hydrogen) atoms. The predicted molar refractivity (Wildman–Crippen MR) is 113 cm³/mol. The fourth-order valence-corrected chi connectivity index (χ4v) is 3.81. The highest BCUT2D eigenvalue weighted by atomic mass is 16.5. The number of hydrogen-bond donors (Lipinski definition) is 1. The summed E-state index contributed by atoms with van der Waals surface area (Å²) in [5, 5.41) is 3.05. The number of aryl methyl sites for hydroxylation is 1. The van der Waals surface area contributed by atoms with Crippen molar-refractivity contribution in [3.8, 4) is 0 Å². The van der Waals surface area contributed by atoms with E-state index in [4.69, 9.17) is 4.74 Å². The van der Waals surface area contributed by atoms with E-state index in [1.807, 2.05) is 34.9 Å². The van der Waals surface area contributed by atoms with E-state index in [1.165, 1.54) is 5.56 Å². The van der Waals surface area contributed by atoms with Gasteiger partial charge in [0.1, 0.15) is 0 Å². The fourth-order valence-electron chi connectivity index (χ4n) is 3.81. The number of ether oxygens (including phenoxy) is 1. The van der Waals surface area contributed by atoms with Gasteiger partial charge < -0.3 is 14.6 Å². The normalized spacial score (nSPS) is 17.9. The second-order valence-corrected chi connectivity index (χ2v) is 7.55. The molecule has 6 heteroatoms. The summed E-state index contributed by atoms with van der Waals surface area (Å²) in [6, 6.07) is 18.5. The topological polar surface area (TPSA) is 59.4 Å². The highest BCUT2D eigenvalue weighted by Gasteiger charge is 2.19. The maximum Gasteiger partial charge on any atom is 0.221 e. The quantitative estimate of drug-likeness (QED) is 0.672. The predicted octanol–water partition coefficient (Wildman–Crippen LogP) is 2.83. The molecule has 3 aromatic rings. The summed E-state index contributed by atoms with van der Waals surface area (Å²) < 4.78 is 7.98. The van der Waals surface area contributed by atoms with Crippen LogP contribution in [0.3, 0.4) is 0 Å². The molecule has 1 atom stereocenters. The van der Waals surface area contributed by atoms with Crippen LogP contribution in [0.4, 0.5) is 0 Å². The molecule has 1 saturated heterocycles. The number of aromatic nitrogens is 2. The lowest BCUT2D eigenvalue weighted by Gasteiger charge is -2.24. The fraction of sp³-hybridized carbons (Fsp3) is 0.391. The largest absolute Gasteiger partial charge is 0.375 e. The Kier molecular flexibility index (Phi) is 6.54. The van der Waals surface area contributed by atoms with Gasteiger partial charge in [0, 0.05) is 45.8 Å². The number of hydrogen-bond acceptors (Lipinski definition) is 4. The monoisotopic (exact) mass is 392 g/mol. The Morgan fingerprint density at radius 2 is 1.97 bits per heavy atom. The molecule has 2 heterocycles. The van der Waals surface area contributed by atoms with E-state index in [0.29, 0.717) is 19.5 Å². The summed E-state index contributed by atoms with van der Waals surface area (Å²) in [6.07, 6.45) is 3.28. The van der Waals surface area contributed by atoms with Crippen molar-refractivity contribution in [1.29, 1.82) is 0 Å². The SMILES string of the molecule is O=C(CCn1cnc2ccccc21)NCC1CN(Cc2ccccc2)CCCO1. The zero-order chi connectivity index (χ0) is 19.9. The molecule has 1 aromatic heterocycles. The van der Waals surface area contributed by atoms with Crippen molar-refractivity contribution in [3.63, 3.8) is 0 Å². The average Bonchev–Trinajstić information content (AvgIpc) is 3.03. The van der Waals surface area contributed by atoms with E-state index in [0.717, 1.165) is 43.7 Å². The third-order valence-electron chi connectivity index (χ3n) is 5.32. The van der Waals surface area contributed by atoms with Crippen LogP contribution in [0.2, 0.25) is 0 Å². The Labute approximate surface area is 171 Å². The first kappa shape index (κ1) is 19.6. The lowest BCUT2D eigenvalue weighted by atomic mass is 10.2. The molecule has 6 nitrogen and oxygen atoms in total. The van der Waals surface area contributed by atoms with Gasteiger partial charge in [0.05, 0.1) is 23.5 Å². The van der Waals surface area contributed by atoms with Crippen LogP contribution in [0.25, 0.3) is 11.0 Å². The number of fused-ring (bicyclic) bond motifs is 1. The smallest absolute Gasteiger partial charge is 0.221 e. The summed E-state index contributed by atoms with van der Waals surface area (Å²) in [6.45, 7) is 4.69. The molecule has 0 aliphatic carbocycles. The van der Waals surface area contributed by atoms with Gasteiger partial charge in [-0.15, -0.1) is 0 Å². The molecule has 1 N–H and O–H groups in total. The molecule has 2 aromatic carbocycles. The average molecular weight is 393 g/mol. The van der Waals surface area contributed by atoms with Gasteiger partial charge in [0.2, 0.25) is 5.91 Å². The minimum absolute atomic E-state index is 0.0271. The van der Waals surface area contributed by atoms with Gasteiger partial charge in [0.15, 0.2) is 0 Å². The molecule has 1 unspecified atom stereocenters. The first-order valence-electron chi connectivity index (χ1n) is 10.3. The van der Waals surface area contributed by atoms with E-state index in [2.05, 4.69) is 39.5 Å². The Bertz CT molecular complexity index is 925. The summed E-state index contributed by atoms with van der Waals surface area (Å²) in [7, 11) is 0. The molecule has 0 radical (unpaired) electrons. The summed E-state index contributed by atoms with van der Waals surface area (Å²) in [5.41, 5.74) is 3.33. The molecular formula is C23H28N4O2. The Balaban J connectivity index is 1.24. The van der Waals surface area contributed by atoms with Crippen LogP contribution in [0.15, 0.2) is 60.9 Å². The Morgan fingerprint density at radius 1 is 1.14 bits per heavy atom. The van der Waals surface area contributed by atoms with E-state index in [-0.39, 0.29) is 12.0 Å². The number of para-hydroxylation sites is 2. The zero-order valence-corrected chi connectivity index (χ0v) is 16.7. The molecule has 1 amide bonds. The lowest BCUT2D eigenvalue weighted by Crippen LogP contribution is -2.40. The van der Waals surface area contributed by atoms with Gasteiger partial charge in [-0.3, -0.25) is 9.69 Å². The van der Waals surface area contributed by atoms with Crippen LogP contribution in [-0.4, -0.2) is 52.7 Å². The van der Waals surface area contributed by atoms with Gasteiger partial charge in [-0.2, -0.15) is 0 Å². The highest BCUT2D eigenvalue weighted by molar-refractivity contribution is 5.77. The number of rotatable bonds is 7. The molecule has 4 rings (SSSR count). The van der Waals surface area contributed by atoms with Crippen LogP contribution in [0.1, 0.15) is 18.4 Å². The number of nitrogens with one attached hydrogen (secondary N) is 1. The lowest BCUT2D eigenvalue weighted by molar-refractivity contribution is -0.122. The summed E-state index contributed by atoms with van der Waals surface area (Å²) in [5.74, 6) is 0.0465. The number of imidazole rings is 1. The Morgan fingerprint density at radius 3 is 2.86 bits per heavy atom. The van der Waals surface area contributed by atoms with E-state index in [9.17, 15) is 4.79 Å². The number of carbonyl (C=O) groups excluding carboxylic acids is 1. The van der Waals surface area contributed by atoms with Gasteiger partial charge in [-0.05, 0) is 24.1 Å². The number of nitrogens with zero attached hydrogens (tertiary/aromatic N) is 3. The Hall–Kier alpha value is -2.70. The summed E-state index contributed by atoms with van der Waals surface area (Å²) >= 11 is 0. The third kappa shape index (κ3) is 5.43. The van der Waals surface area contributed by atoms with E-state index >= 15 is 0 Å². The molecule has 0 spiro atoms. The van der Waals surface area contributed by atoms with Crippen molar-refractivity contribution in [1.82, 2.24) is 19.8 Å². The van der Waals surface area contributed by atoms with Crippen LogP contribution in [0.5, 0.6) is 0 Å². The molecule has 1 aliphatic heterocycles. The minimum atomic E-state index is 0.0271. The van der Waals surface area contributed by atoms with Gasteiger partial charge in [-0.25, -0.2) is 4.98 Å². The van der Waals surface area contributed by atoms with Crippen LogP contribution >= 0.6 is 0 Å². The standard InChI is InChI=1S/C23H28N4O2/c28-23(11-13-27-18-25-21-9-4-5-10-22(21)27)24-15-20-17-26(12-6-14-29-20)16-19-7-2-1-3-8-19/h1-5,7-10,18,20H,6,11-17H2,(H,24,28). The maximum atomic E-state index is 12.4. The van der Waals surface area contributed by atoms with E-state index < -0.39 is 0 Å². The first-order chi connectivity index (χ1) is 14.3. The van der Waals surface area contributed by atoms with Crippen LogP contribution < -0.4 is 5.32 Å². The second kappa shape index (κ2) is 9.67. The molecule has 152 valence electrons. The highest BCUT2D eigenvalue weighted by Crippen LogP contribution is 2.13. The molecule has 0 saturated carbocycles. The van der Waals surface area contributed by atoms with Gasteiger partial charge >= 0.3 is 0 Å². The summed E-state index contributed by atoms with van der Waals surface area (Å²) in [4.78, 5) is 19.1. The molecular weight excluding hydrogens is 364 g/mol. The number of carbonyl (C=O) groups is 1. The van der Waals surface area contributed by atoms with Crippen LogP contribution in [0, 0.1) is 0 Å². The van der Waals surface area contributed by atoms with Crippen molar-refractivity contribution in [3.05, 3.63) is 66.5 Å². The zero-order valence-electron chi connectivity index (χ0n) is 16.7. The number of benzene rings is 2. The third-order valence-corrected chi connectivity index (χ3v) is 5.32. The first-order valence-corrected chi connectivity index (χ1v) is 10.3. The molecule has 1 aliphatic rings. The molecule has 1 fully saturated rings. The van der Waals surface area contributed by atoms with Crippen molar-refractivity contribution in [2.24, 2.45) is 0 Å². The van der Waals surface area contributed by atoms with Crippen molar-refractivity contribution < 1.29 is 9.53 Å². The van der Waals surface area contributed by atoms with Crippen molar-refractivity contribution in [2.75, 3.05) is 26.2 Å². The minimum Gasteiger partial charge on any atom is -0.375 e. The van der Waals surface area contributed by atoms with Gasteiger partial charge in [-0.1, -0.05) is 42.5 Å². The van der Waals surface area contributed by atoms with Crippen molar-refractivity contribution >= 4 is 16.9 Å².